The molecule has 0 spiro atoms. The first-order valence-electron chi connectivity index (χ1n) is 3.32. The molecule has 0 bridgehead atoms. The van der Waals surface area contributed by atoms with E-state index < -0.39 is 0 Å². The van der Waals surface area contributed by atoms with Crippen LogP contribution < -0.4 is 0 Å². The maximum atomic E-state index is 8.61. The molecule has 0 aliphatic carbocycles. The lowest BCUT2D eigenvalue weighted by Crippen LogP contribution is -1.90. The van der Waals surface area contributed by atoms with Crippen LogP contribution in [-0.2, 0) is 6.42 Å². The van der Waals surface area contributed by atoms with Crippen molar-refractivity contribution in [2.24, 2.45) is 0 Å². The van der Waals surface area contributed by atoms with E-state index in [9.17, 15) is 0 Å². The molecule has 0 amide bonds. The minimum Gasteiger partial charge on any atom is -0.244 e. The highest BCUT2D eigenvalue weighted by molar-refractivity contribution is 9.10. The second kappa shape index (κ2) is 3.49. The standard InChI is InChI=1S/C8H7BrN2/c1-2-6-3-7(9)5-11-8(6)4-10/h3,5H,2H2,1H3. The van der Waals surface area contributed by atoms with E-state index in [1.807, 2.05) is 19.1 Å². The molecule has 3 heteroatoms. The summed E-state index contributed by atoms with van der Waals surface area (Å²) in [5.74, 6) is 0. The molecule has 11 heavy (non-hydrogen) atoms. The predicted octanol–water partition coefficient (Wildman–Crippen LogP) is 2.28. The van der Waals surface area contributed by atoms with Crippen LogP contribution in [-0.4, -0.2) is 4.98 Å². The topological polar surface area (TPSA) is 36.7 Å². The highest BCUT2D eigenvalue weighted by atomic mass is 79.9. The van der Waals surface area contributed by atoms with Crippen molar-refractivity contribution in [1.29, 1.82) is 5.26 Å². The predicted molar refractivity (Wildman–Crippen MR) is 46.0 cm³/mol. The second-order valence-corrected chi connectivity index (χ2v) is 3.04. The van der Waals surface area contributed by atoms with Gasteiger partial charge in [0.15, 0.2) is 0 Å². The van der Waals surface area contributed by atoms with E-state index >= 15 is 0 Å². The first kappa shape index (κ1) is 8.22. The Labute approximate surface area is 74.0 Å². The van der Waals surface area contributed by atoms with E-state index in [0.717, 1.165) is 16.5 Å². The van der Waals surface area contributed by atoms with E-state index in [2.05, 4.69) is 20.9 Å². The molecule has 56 valence electrons. The largest absolute Gasteiger partial charge is 0.244 e. The molecule has 1 heterocycles. The summed E-state index contributed by atoms with van der Waals surface area (Å²) in [6, 6.07) is 3.96. The summed E-state index contributed by atoms with van der Waals surface area (Å²) in [6.07, 6.45) is 2.48. The highest BCUT2D eigenvalue weighted by Gasteiger charge is 2.00. The number of aromatic nitrogens is 1. The molecule has 0 saturated carbocycles. The number of nitriles is 1. The average molecular weight is 211 g/mol. The van der Waals surface area contributed by atoms with Gasteiger partial charge in [0.25, 0.3) is 0 Å². The number of pyridine rings is 1. The van der Waals surface area contributed by atoms with Gasteiger partial charge in [-0.25, -0.2) is 4.98 Å². The number of hydrogen-bond donors (Lipinski definition) is 0. The summed E-state index contributed by atoms with van der Waals surface area (Å²) < 4.78 is 0.924. The zero-order valence-corrected chi connectivity index (χ0v) is 7.72. The summed E-state index contributed by atoms with van der Waals surface area (Å²) in [4.78, 5) is 3.96. The number of aryl methyl sites for hydroxylation is 1. The van der Waals surface area contributed by atoms with Crippen molar-refractivity contribution in [1.82, 2.24) is 4.98 Å². The third-order valence-corrected chi connectivity index (χ3v) is 1.85. The van der Waals surface area contributed by atoms with Crippen LogP contribution in [0.25, 0.3) is 0 Å². The van der Waals surface area contributed by atoms with Crippen LogP contribution >= 0.6 is 15.9 Å². The zero-order valence-electron chi connectivity index (χ0n) is 6.13. The minimum atomic E-state index is 0.524. The number of nitrogens with zero attached hydrogens (tertiary/aromatic N) is 2. The number of hydrogen-bond acceptors (Lipinski definition) is 2. The maximum absolute atomic E-state index is 8.61. The van der Waals surface area contributed by atoms with Gasteiger partial charge in [-0.3, -0.25) is 0 Å². The van der Waals surface area contributed by atoms with Crippen molar-refractivity contribution in [2.75, 3.05) is 0 Å². The van der Waals surface area contributed by atoms with Crippen molar-refractivity contribution < 1.29 is 0 Å². The van der Waals surface area contributed by atoms with Gasteiger partial charge in [-0.15, -0.1) is 0 Å². The third-order valence-electron chi connectivity index (χ3n) is 1.42. The van der Waals surface area contributed by atoms with Gasteiger partial charge in [0.05, 0.1) is 0 Å². The lowest BCUT2D eigenvalue weighted by molar-refractivity contribution is 1.07. The SMILES string of the molecule is CCc1cc(Br)cnc1C#N. The monoisotopic (exact) mass is 210 g/mol. The van der Waals surface area contributed by atoms with E-state index in [0.29, 0.717) is 5.69 Å². The van der Waals surface area contributed by atoms with Crippen molar-refractivity contribution >= 4 is 15.9 Å². The highest BCUT2D eigenvalue weighted by Crippen LogP contribution is 2.13. The van der Waals surface area contributed by atoms with Crippen LogP contribution in [0.1, 0.15) is 18.2 Å². The molecule has 0 aliphatic rings. The quantitative estimate of drug-likeness (QED) is 0.714. The minimum absolute atomic E-state index is 0.524. The molecular formula is C8H7BrN2. The maximum Gasteiger partial charge on any atom is 0.143 e. The molecule has 0 radical (unpaired) electrons. The van der Waals surface area contributed by atoms with Gasteiger partial charge < -0.3 is 0 Å². The summed E-state index contributed by atoms with van der Waals surface area (Å²) in [6.45, 7) is 2.00. The Morgan fingerprint density at radius 1 is 1.73 bits per heavy atom. The van der Waals surface area contributed by atoms with Gasteiger partial charge in [-0.05, 0) is 34.0 Å². The van der Waals surface area contributed by atoms with E-state index in [4.69, 9.17) is 5.26 Å². The molecule has 0 aromatic carbocycles. The molecule has 0 fully saturated rings. The molecule has 0 unspecified atom stereocenters. The Hall–Kier alpha value is -0.880. The van der Waals surface area contributed by atoms with Crippen LogP contribution in [0, 0.1) is 11.3 Å². The van der Waals surface area contributed by atoms with Crippen LogP contribution in [0.2, 0.25) is 0 Å². The molecule has 1 aromatic heterocycles. The van der Waals surface area contributed by atoms with Crippen LogP contribution in [0.15, 0.2) is 16.7 Å². The van der Waals surface area contributed by atoms with E-state index in [1.54, 1.807) is 6.20 Å². The Bertz CT molecular complexity index is 301. The molecule has 0 saturated heterocycles. The summed E-state index contributed by atoms with van der Waals surface area (Å²) in [5, 5.41) is 8.61. The summed E-state index contributed by atoms with van der Waals surface area (Å²) in [5.41, 5.74) is 1.51. The van der Waals surface area contributed by atoms with Crippen LogP contribution in [0.4, 0.5) is 0 Å². The van der Waals surface area contributed by atoms with E-state index in [1.165, 1.54) is 0 Å². The fraction of sp³-hybridized carbons (Fsp3) is 0.250. The van der Waals surface area contributed by atoms with Gasteiger partial charge >= 0.3 is 0 Å². The van der Waals surface area contributed by atoms with Crippen molar-refractivity contribution in [3.8, 4) is 6.07 Å². The Balaban J connectivity index is 3.19. The molecule has 1 rings (SSSR count). The third kappa shape index (κ3) is 1.78. The zero-order chi connectivity index (χ0) is 8.27. The number of halogens is 1. The smallest absolute Gasteiger partial charge is 0.143 e. The molecule has 0 aliphatic heterocycles. The van der Waals surface area contributed by atoms with Crippen molar-refractivity contribution in [2.45, 2.75) is 13.3 Å². The molecule has 1 aromatic rings. The first-order valence-corrected chi connectivity index (χ1v) is 4.11. The van der Waals surface area contributed by atoms with Crippen LogP contribution in [0.5, 0.6) is 0 Å². The Morgan fingerprint density at radius 3 is 3.00 bits per heavy atom. The van der Waals surface area contributed by atoms with E-state index in [-0.39, 0.29) is 0 Å². The van der Waals surface area contributed by atoms with Crippen molar-refractivity contribution in [3.63, 3.8) is 0 Å². The second-order valence-electron chi connectivity index (χ2n) is 2.13. The van der Waals surface area contributed by atoms with Gasteiger partial charge in [0.2, 0.25) is 0 Å². The molecule has 0 N–H and O–H groups in total. The Morgan fingerprint density at radius 2 is 2.45 bits per heavy atom. The molecular weight excluding hydrogens is 204 g/mol. The average Bonchev–Trinajstić information content (AvgIpc) is 2.04. The fourth-order valence-corrected chi connectivity index (χ4v) is 1.23. The lowest BCUT2D eigenvalue weighted by atomic mass is 10.1. The summed E-state index contributed by atoms with van der Waals surface area (Å²) >= 11 is 3.29. The van der Waals surface area contributed by atoms with Gasteiger partial charge in [-0.2, -0.15) is 5.26 Å². The van der Waals surface area contributed by atoms with Crippen LogP contribution in [0.3, 0.4) is 0 Å². The molecule has 2 nitrogen and oxygen atoms in total. The lowest BCUT2D eigenvalue weighted by Gasteiger charge is -1.98. The fourth-order valence-electron chi connectivity index (χ4n) is 0.851. The number of rotatable bonds is 1. The Kier molecular flexibility index (Phi) is 2.61. The molecule has 0 atom stereocenters. The first-order chi connectivity index (χ1) is 5.27. The van der Waals surface area contributed by atoms with Gasteiger partial charge in [0, 0.05) is 10.7 Å². The van der Waals surface area contributed by atoms with Crippen molar-refractivity contribution in [3.05, 3.63) is 28.0 Å². The summed E-state index contributed by atoms with van der Waals surface area (Å²) in [7, 11) is 0. The van der Waals surface area contributed by atoms with Gasteiger partial charge in [0.1, 0.15) is 11.8 Å². The normalized spacial score (nSPS) is 9.18. The van der Waals surface area contributed by atoms with Gasteiger partial charge in [-0.1, -0.05) is 6.92 Å².